The fourth-order valence-corrected chi connectivity index (χ4v) is 4.07. The zero-order valence-corrected chi connectivity index (χ0v) is 10.5. The van der Waals surface area contributed by atoms with Crippen LogP contribution < -0.4 is 0 Å². The molecule has 4 heteroatoms. The minimum absolute atomic E-state index is 0.0281. The maximum Gasteiger partial charge on any atom is 0.336 e. The van der Waals surface area contributed by atoms with Crippen molar-refractivity contribution in [2.45, 2.75) is 11.8 Å². The monoisotopic (exact) mass is 268 g/mol. The summed E-state index contributed by atoms with van der Waals surface area (Å²) in [5.41, 5.74) is 1.53. The van der Waals surface area contributed by atoms with Crippen LogP contribution in [0.2, 0.25) is 0 Å². The molecule has 3 aliphatic rings. The van der Waals surface area contributed by atoms with Crippen LogP contribution in [0.1, 0.15) is 43.7 Å². The lowest BCUT2D eigenvalue weighted by molar-refractivity contribution is 0.0650. The fraction of sp³-hybridized carbons (Fsp3) is 0.250. The molecule has 0 amide bonds. The van der Waals surface area contributed by atoms with Crippen LogP contribution in [-0.4, -0.2) is 22.2 Å². The van der Waals surface area contributed by atoms with Crippen LogP contribution >= 0.6 is 0 Å². The van der Waals surface area contributed by atoms with E-state index in [1.807, 2.05) is 6.08 Å². The molecular weight excluding hydrogens is 256 g/mol. The van der Waals surface area contributed by atoms with Gasteiger partial charge in [-0.15, -0.1) is 0 Å². The van der Waals surface area contributed by atoms with E-state index in [2.05, 4.69) is 18.2 Å². The first-order chi connectivity index (χ1) is 9.59. The van der Waals surface area contributed by atoms with Crippen molar-refractivity contribution in [3.63, 3.8) is 0 Å². The summed E-state index contributed by atoms with van der Waals surface area (Å²) in [4.78, 5) is 22.9. The van der Waals surface area contributed by atoms with Crippen molar-refractivity contribution in [1.82, 2.24) is 0 Å². The van der Waals surface area contributed by atoms with Gasteiger partial charge in [0.25, 0.3) is 0 Å². The van der Waals surface area contributed by atoms with E-state index in [9.17, 15) is 19.8 Å². The number of carbonyl (C=O) groups is 2. The average Bonchev–Trinajstić information content (AvgIpc) is 3.05. The first kappa shape index (κ1) is 11.5. The molecule has 0 saturated heterocycles. The number of rotatable bonds is 2. The molecule has 0 heterocycles. The van der Waals surface area contributed by atoms with Gasteiger partial charge in [0.05, 0.1) is 11.1 Å². The summed E-state index contributed by atoms with van der Waals surface area (Å²) < 4.78 is 0. The van der Waals surface area contributed by atoms with E-state index < -0.39 is 11.9 Å². The zero-order valence-electron chi connectivity index (χ0n) is 10.5. The van der Waals surface area contributed by atoms with Gasteiger partial charge in [-0.1, -0.05) is 30.4 Å². The first-order valence-electron chi connectivity index (χ1n) is 6.59. The largest absolute Gasteiger partial charge is 0.478 e. The van der Waals surface area contributed by atoms with E-state index >= 15 is 0 Å². The van der Waals surface area contributed by atoms with E-state index in [1.54, 1.807) is 6.07 Å². The molecule has 100 valence electrons. The van der Waals surface area contributed by atoms with Crippen LogP contribution in [0.3, 0.4) is 0 Å². The molecule has 0 fully saturated rings. The molecule has 4 nitrogen and oxygen atoms in total. The smallest absolute Gasteiger partial charge is 0.336 e. The van der Waals surface area contributed by atoms with Crippen LogP contribution in [0.5, 0.6) is 0 Å². The minimum Gasteiger partial charge on any atom is -0.478 e. The molecule has 0 aromatic heterocycles. The number of hydrogen-bond acceptors (Lipinski definition) is 2. The maximum absolute atomic E-state index is 11.6. The Morgan fingerprint density at radius 1 is 0.900 bits per heavy atom. The maximum atomic E-state index is 11.6. The van der Waals surface area contributed by atoms with Gasteiger partial charge in [-0.05, 0) is 29.0 Å². The highest BCUT2D eigenvalue weighted by atomic mass is 16.4. The molecule has 4 rings (SSSR count). The van der Waals surface area contributed by atoms with Crippen molar-refractivity contribution in [1.29, 1.82) is 0 Å². The number of aromatic carboxylic acids is 2. The van der Waals surface area contributed by atoms with E-state index in [0.29, 0.717) is 17.4 Å². The summed E-state index contributed by atoms with van der Waals surface area (Å²) in [5.74, 6) is -1.40. The Kier molecular flexibility index (Phi) is 2.06. The number of carboxylic acids is 2. The normalized spacial score (nSPS) is 31.4. The summed E-state index contributed by atoms with van der Waals surface area (Å²) in [6.45, 7) is 0. The Labute approximate surface area is 115 Å². The second-order valence-electron chi connectivity index (χ2n) is 5.58. The van der Waals surface area contributed by atoms with Crippen LogP contribution in [0.4, 0.5) is 0 Å². The highest BCUT2D eigenvalue weighted by Gasteiger charge is 2.49. The quantitative estimate of drug-likeness (QED) is 0.808. The Balaban J connectivity index is 2.03. The molecule has 0 bridgehead atoms. The average molecular weight is 268 g/mol. The van der Waals surface area contributed by atoms with Gasteiger partial charge in [-0.2, -0.15) is 0 Å². The molecule has 0 aliphatic heterocycles. The summed E-state index contributed by atoms with van der Waals surface area (Å²) in [5, 5.41) is 18.7. The van der Waals surface area contributed by atoms with E-state index in [4.69, 9.17) is 0 Å². The zero-order chi connectivity index (χ0) is 14.0. The third kappa shape index (κ3) is 1.21. The number of benzene rings is 1. The summed E-state index contributed by atoms with van der Waals surface area (Å²) in [6, 6.07) is 3.21. The van der Waals surface area contributed by atoms with Crippen molar-refractivity contribution in [3.8, 4) is 0 Å². The van der Waals surface area contributed by atoms with Gasteiger partial charge in [-0.3, -0.25) is 0 Å². The van der Waals surface area contributed by atoms with Crippen molar-refractivity contribution in [2.75, 3.05) is 0 Å². The number of carboxylic acid groups (broad SMARTS) is 2. The van der Waals surface area contributed by atoms with Crippen LogP contribution in [-0.2, 0) is 0 Å². The number of fused-ring (bicyclic) bond motifs is 3. The van der Waals surface area contributed by atoms with Gasteiger partial charge >= 0.3 is 11.9 Å². The molecule has 0 saturated carbocycles. The molecule has 0 radical (unpaired) electrons. The van der Waals surface area contributed by atoms with Crippen LogP contribution in [0.15, 0.2) is 36.4 Å². The predicted octanol–water partition coefficient (Wildman–Crippen LogP) is 2.64. The molecule has 1 aromatic carbocycles. The third-order valence-electron chi connectivity index (χ3n) is 4.77. The van der Waals surface area contributed by atoms with E-state index in [-0.39, 0.29) is 23.0 Å². The Bertz CT molecular complexity index is 713. The molecule has 1 aromatic rings. The SMILES string of the molecule is O=C(O)c1ccc2c(c1C(=O)O)[C@@H]1C=C[C@H]3C=C[C@H]2[C@H]31. The highest BCUT2D eigenvalue weighted by Crippen LogP contribution is 2.59. The number of allylic oxidation sites excluding steroid dienone is 4. The van der Waals surface area contributed by atoms with Gasteiger partial charge in [0.2, 0.25) is 0 Å². The molecule has 4 atom stereocenters. The topological polar surface area (TPSA) is 74.6 Å². The first-order valence-corrected chi connectivity index (χ1v) is 6.59. The van der Waals surface area contributed by atoms with Crippen LogP contribution in [0, 0.1) is 11.8 Å². The predicted molar refractivity (Wildman–Crippen MR) is 71.1 cm³/mol. The Morgan fingerprint density at radius 2 is 1.60 bits per heavy atom. The second kappa shape index (κ2) is 3.60. The van der Waals surface area contributed by atoms with Crippen molar-refractivity contribution >= 4 is 11.9 Å². The van der Waals surface area contributed by atoms with Crippen molar-refractivity contribution in [3.05, 3.63) is 58.7 Å². The van der Waals surface area contributed by atoms with Crippen molar-refractivity contribution < 1.29 is 19.8 Å². The lowest BCUT2D eigenvalue weighted by Gasteiger charge is -2.15. The number of hydrogen-bond donors (Lipinski definition) is 2. The summed E-state index contributed by atoms with van der Waals surface area (Å²) >= 11 is 0. The standard InChI is InChI=1S/C16H12O4/c17-15(18)11-6-5-9-8-3-1-7-2-4-10(12(7)8)13(9)14(11)16(19)20/h1-8,10,12H,(H,17,18)(H,19,20)/t7-,8-,10-,12+/m1/s1. The molecule has 0 spiro atoms. The van der Waals surface area contributed by atoms with Crippen molar-refractivity contribution in [2.24, 2.45) is 11.8 Å². The highest BCUT2D eigenvalue weighted by molar-refractivity contribution is 6.03. The van der Waals surface area contributed by atoms with E-state index in [0.717, 1.165) is 5.56 Å². The second-order valence-corrected chi connectivity index (χ2v) is 5.58. The summed E-state index contributed by atoms with van der Waals surface area (Å²) in [7, 11) is 0. The van der Waals surface area contributed by atoms with Gasteiger partial charge in [0, 0.05) is 11.8 Å². The lowest BCUT2D eigenvalue weighted by Crippen LogP contribution is -2.13. The lowest BCUT2D eigenvalue weighted by atomic mass is 9.87. The van der Waals surface area contributed by atoms with Gasteiger partial charge in [0.1, 0.15) is 0 Å². The van der Waals surface area contributed by atoms with Gasteiger partial charge in [-0.25, -0.2) is 9.59 Å². The molecule has 2 N–H and O–H groups in total. The van der Waals surface area contributed by atoms with Crippen LogP contribution in [0.25, 0.3) is 0 Å². The minimum atomic E-state index is -1.18. The molecule has 3 aliphatic carbocycles. The van der Waals surface area contributed by atoms with Gasteiger partial charge in [0.15, 0.2) is 0 Å². The Hall–Kier alpha value is -2.36. The van der Waals surface area contributed by atoms with Gasteiger partial charge < -0.3 is 10.2 Å². The Morgan fingerprint density at radius 3 is 2.25 bits per heavy atom. The molecule has 20 heavy (non-hydrogen) atoms. The van der Waals surface area contributed by atoms with E-state index in [1.165, 1.54) is 6.07 Å². The fourth-order valence-electron chi connectivity index (χ4n) is 4.07. The summed E-state index contributed by atoms with van der Waals surface area (Å²) in [6.07, 6.45) is 8.44. The molecular formula is C16H12O4. The third-order valence-corrected chi connectivity index (χ3v) is 4.77. The molecule has 0 unspecified atom stereocenters.